The Morgan fingerprint density at radius 2 is 1.88 bits per heavy atom. The molecule has 26 heavy (non-hydrogen) atoms. The lowest BCUT2D eigenvalue weighted by molar-refractivity contribution is -0.136. The molecular weight excluding hydrogens is 360 g/mol. The summed E-state index contributed by atoms with van der Waals surface area (Å²) in [6, 6.07) is 4.95. The smallest absolute Gasteiger partial charge is 0.313 e. The van der Waals surface area contributed by atoms with Crippen LogP contribution in [0.25, 0.3) is 0 Å². The molecule has 0 radical (unpaired) electrons. The van der Waals surface area contributed by atoms with Gasteiger partial charge in [-0.05, 0) is 60.5 Å². The molecule has 1 aromatic carbocycles. The summed E-state index contributed by atoms with van der Waals surface area (Å²) in [6.07, 6.45) is 2.23. The summed E-state index contributed by atoms with van der Waals surface area (Å²) >= 11 is 1.59. The number of amides is 2. The lowest BCUT2D eigenvalue weighted by Crippen LogP contribution is -2.41. The average molecular weight is 379 g/mol. The number of rotatable bonds is 5. The topological polar surface area (TPSA) is 61.4 Å². The first-order valence-corrected chi connectivity index (χ1v) is 9.29. The molecule has 0 saturated carbocycles. The number of nitrogens with zero attached hydrogens (tertiary/aromatic N) is 1. The molecule has 0 aliphatic carbocycles. The first-order chi connectivity index (χ1) is 12.5. The Morgan fingerprint density at radius 1 is 1.12 bits per heavy atom. The van der Waals surface area contributed by atoms with E-state index in [0.717, 1.165) is 43.6 Å². The molecule has 1 aliphatic rings. The van der Waals surface area contributed by atoms with Gasteiger partial charge in [-0.3, -0.25) is 14.5 Å². The van der Waals surface area contributed by atoms with Crippen molar-refractivity contribution in [3.8, 4) is 0 Å². The first kappa shape index (κ1) is 18.5. The van der Waals surface area contributed by atoms with Crippen molar-refractivity contribution in [3.63, 3.8) is 0 Å². The number of nitrogens with one attached hydrogen (secondary N) is 2. The summed E-state index contributed by atoms with van der Waals surface area (Å²) in [5.41, 5.74) is 1.14. The maximum Gasteiger partial charge on any atom is 0.313 e. The fraction of sp³-hybridized carbons (Fsp3) is 0.333. The maximum absolute atomic E-state index is 13.2. The van der Waals surface area contributed by atoms with Crippen molar-refractivity contribution in [3.05, 3.63) is 52.2 Å². The minimum Gasteiger partial charge on any atom is -0.346 e. The van der Waals surface area contributed by atoms with Crippen molar-refractivity contribution < 1.29 is 18.4 Å². The zero-order valence-corrected chi connectivity index (χ0v) is 14.8. The molecule has 0 spiro atoms. The van der Waals surface area contributed by atoms with Crippen LogP contribution in [0.15, 0.2) is 35.0 Å². The lowest BCUT2D eigenvalue weighted by atomic mass is 10.1. The molecular formula is C18H19F2N3O2S. The van der Waals surface area contributed by atoms with Crippen molar-refractivity contribution in [2.24, 2.45) is 0 Å². The van der Waals surface area contributed by atoms with Crippen LogP contribution in [0, 0.1) is 11.6 Å². The number of carbonyl (C=O) groups is 2. The fourth-order valence-electron chi connectivity index (χ4n) is 3.01. The summed E-state index contributed by atoms with van der Waals surface area (Å²) < 4.78 is 26.1. The molecule has 8 heteroatoms. The van der Waals surface area contributed by atoms with E-state index in [9.17, 15) is 18.4 Å². The second kappa shape index (κ2) is 8.37. The number of benzene rings is 1. The van der Waals surface area contributed by atoms with Gasteiger partial charge in [0.1, 0.15) is 0 Å². The van der Waals surface area contributed by atoms with E-state index in [4.69, 9.17) is 0 Å². The maximum atomic E-state index is 13.2. The van der Waals surface area contributed by atoms with Gasteiger partial charge in [0.05, 0.1) is 6.04 Å². The van der Waals surface area contributed by atoms with Crippen LogP contribution < -0.4 is 10.6 Å². The van der Waals surface area contributed by atoms with Gasteiger partial charge in [0.2, 0.25) is 0 Å². The number of carbonyl (C=O) groups excluding carboxylic acids is 2. The lowest BCUT2D eigenvalue weighted by Gasteiger charge is -2.27. The summed E-state index contributed by atoms with van der Waals surface area (Å²) in [5, 5.41) is 8.93. The van der Waals surface area contributed by atoms with Crippen LogP contribution in [0.4, 0.5) is 14.5 Å². The van der Waals surface area contributed by atoms with E-state index in [-0.39, 0.29) is 11.7 Å². The summed E-state index contributed by atoms with van der Waals surface area (Å²) in [5.74, 6) is -3.83. The van der Waals surface area contributed by atoms with Gasteiger partial charge in [0.15, 0.2) is 11.6 Å². The van der Waals surface area contributed by atoms with Crippen molar-refractivity contribution in [2.75, 3.05) is 25.0 Å². The highest BCUT2D eigenvalue weighted by atomic mass is 32.1. The van der Waals surface area contributed by atoms with E-state index in [1.807, 2.05) is 16.8 Å². The number of likely N-dealkylation sites (tertiary alicyclic amines) is 1. The van der Waals surface area contributed by atoms with Crippen LogP contribution >= 0.6 is 11.3 Å². The molecule has 3 rings (SSSR count). The molecule has 2 heterocycles. The van der Waals surface area contributed by atoms with Gasteiger partial charge < -0.3 is 10.6 Å². The molecule has 2 N–H and O–H groups in total. The van der Waals surface area contributed by atoms with Crippen LogP contribution in [0.1, 0.15) is 24.4 Å². The molecule has 1 aliphatic heterocycles. The van der Waals surface area contributed by atoms with E-state index in [1.165, 1.54) is 6.07 Å². The number of halogens is 2. The third-order valence-corrected chi connectivity index (χ3v) is 5.05. The van der Waals surface area contributed by atoms with Gasteiger partial charge in [0.25, 0.3) is 0 Å². The molecule has 2 amide bonds. The van der Waals surface area contributed by atoms with Gasteiger partial charge in [-0.2, -0.15) is 11.3 Å². The van der Waals surface area contributed by atoms with Crippen LogP contribution in [0.3, 0.4) is 0 Å². The van der Waals surface area contributed by atoms with Gasteiger partial charge in [0, 0.05) is 18.3 Å². The molecule has 1 aromatic heterocycles. The van der Waals surface area contributed by atoms with Crippen molar-refractivity contribution in [2.45, 2.75) is 18.9 Å². The Bertz CT molecular complexity index is 777. The van der Waals surface area contributed by atoms with E-state index in [0.29, 0.717) is 6.54 Å². The zero-order chi connectivity index (χ0) is 18.5. The Morgan fingerprint density at radius 3 is 2.54 bits per heavy atom. The van der Waals surface area contributed by atoms with E-state index in [1.54, 1.807) is 11.3 Å². The largest absolute Gasteiger partial charge is 0.346 e. The highest BCUT2D eigenvalue weighted by Crippen LogP contribution is 2.26. The van der Waals surface area contributed by atoms with Crippen LogP contribution in [0.5, 0.6) is 0 Å². The van der Waals surface area contributed by atoms with Crippen LogP contribution in [-0.2, 0) is 9.59 Å². The molecule has 1 fully saturated rings. The predicted octanol–water partition coefficient (Wildman–Crippen LogP) is 2.92. The Hall–Kier alpha value is -2.32. The fourth-order valence-corrected chi connectivity index (χ4v) is 3.71. The molecule has 1 saturated heterocycles. The van der Waals surface area contributed by atoms with Gasteiger partial charge >= 0.3 is 11.8 Å². The number of hydrogen-bond acceptors (Lipinski definition) is 4. The van der Waals surface area contributed by atoms with E-state index >= 15 is 0 Å². The minimum absolute atomic E-state index is 0.0174. The standard InChI is InChI=1S/C18H19F2N3O2S/c19-14-4-3-13(9-15(14)20)22-18(25)17(24)21-10-16(12-5-8-26-11-12)23-6-1-2-7-23/h3-5,8-9,11,16H,1-2,6-7,10H2,(H,21,24)(H,22,25). The van der Waals surface area contributed by atoms with E-state index < -0.39 is 23.4 Å². The summed E-state index contributed by atoms with van der Waals surface area (Å²) in [6.45, 7) is 2.22. The molecule has 138 valence electrons. The summed E-state index contributed by atoms with van der Waals surface area (Å²) in [7, 11) is 0. The predicted molar refractivity (Wildman–Crippen MR) is 95.9 cm³/mol. The number of hydrogen-bond donors (Lipinski definition) is 2. The second-order valence-corrected chi connectivity index (χ2v) is 6.89. The molecule has 1 unspecified atom stereocenters. The van der Waals surface area contributed by atoms with E-state index in [2.05, 4.69) is 15.5 Å². The minimum atomic E-state index is -1.09. The highest BCUT2D eigenvalue weighted by molar-refractivity contribution is 7.08. The SMILES string of the molecule is O=C(NCC(c1ccsc1)N1CCCC1)C(=O)Nc1ccc(F)c(F)c1. The van der Waals surface area contributed by atoms with Crippen molar-refractivity contribution in [1.82, 2.24) is 10.2 Å². The average Bonchev–Trinajstić information content (AvgIpc) is 3.32. The Labute approximate surface area is 154 Å². The molecule has 2 aromatic rings. The highest BCUT2D eigenvalue weighted by Gasteiger charge is 2.25. The first-order valence-electron chi connectivity index (χ1n) is 8.35. The molecule has 5 nitrogen and oxygen atoms in total. The summed E-state index contributed by atoms with van der Waals surface area (Å²) in [4.78, 5) is 26.3. The number of thiophene rings is 1. The quantitative estimate of drug-likeness (QED) is 0.786. The van der Waals surface area contributed by atoms with Crippen LogP contribution in [-0.4, -0.2) is 36.3 Å². The van der Waals surface area contributed by atoms with Gasteiger partial charge in [-0.15, -0.1) is 0 Å². The molecule has 0 bridgehead atoms. The normalized spacial score (nSPS) is 15.6. The van der Waals surface area contributed by atoms with Gasteiger partial charge in [-0.1, -0.05) is 0 Å². The third-order valence-electron chi connectivity index (χ3n) is 4.35. The van der Waals surface area contributed by atoms with Crippen molar-refractivity contribution >= 4 is 28.8 Å². The number of anilines is 1. The van der Waals surface area contributed by atoms with Crippen LogP contribution in [0.2, 0.25) is 0 Å². The van der Waals surface area contributed by atoms with Gasteiger partial charge in [-0.25, -0.2) is 8.78 Å². The zero-order valence-electron chi connectivity index (χ0n) is 14.0. The Kier molecular flexibility index (Phi) is 5.95. The Balaban J connectivity index is 1.58. The second-order valence-electron chi connectivity index (χ2n) is 6.11. The van der Waals surface area contributed by atoms with Crippen molar-refractivity contribution in [1.29, 1.82) is 0 Å². The monoisotopic (exact) mass is 379 g/mol. The molecule has 1 atom stereocenters. The third kappa shape index (κ3) is 4.44.